The van der Waals surface area contributed by atoms with Gasteiger partial charge in [0.1, 0.15) is 0 Å². The van der Waals surface area contributed by atoms with Gasteiger partial charge in [0, 0.05) is 49.8 Å². The molecule has 1 saturated heterocycles. The van der Waals surface area contributed by atoms with Crippen LogP contribution in [0.3, 0.4) is 0 Å². The highest BCUT2D eigenvalue weighted by Gasteiger charge is 2.35. The van der Waals surface area contributed by atoms with Gasteiger partial charge in [0.05, 0.1) is 13.5 Å². The van der Waals surface area contributed by atoms with Crippen molar-refractivity contribution < 1.29 is 9.53 Å². The van der Waals surface area contributed by atoms with Crippen molar-refractivity contribution in [2.75, 3.05) is 26.7 Å². The molecule has 2 aromatic rings. The first-order chi connectivity index (χ1) is 14.5. The summed E-state index contributed by atoms with van der Waals surface area (Å²) in [6.07, 6.45) is 1.40. The second kappa shape index (κ2) is 9.00. The highest BCUT2D eigenvalue weighted by atomic mass is 32.1. The molecule has 3 atom stereocenters. The molecule has 0 aliphatic carbocycles. The molecular formula is C23H27N3O3S. The third kappa shape index (κ3) is 4.41. The Morgan fingerprint density at radius 2 is 1.97 bits per heavy atom. The van der Waals surface area contributed by atoms with E-state index in [-0.39, 0.29) is 17.4 Å². The van der Waals surface area contributed by atoms with E-state index in [0.717, 1.165) is 37.3 Å². The van der Waals surface area contributed by atoms with Crippen LogP contribution >= 0.6 is 12.2 Å². The fraction of sp³-hybridized carbons (Fsp3) is 0.435. The lowest BCUT2D eigenvalue weighted by Gasteiger charge is -2.43. The summed E-state index contributed by atoms with van der Waals surface area (Å²) in [4.78, 5) is 26.3. The van der Waals surface area contributed by atoms with Crippen LogP contribution in [0.1, 0.15) is 35.9 Å². The Hall–Kier alpha value is -2.67. The molecular weight excluding hydrogens is 398 g/mol. The summed E-state index contributed by atoms with van der Waals surface area (Å²) < 4.78 is 6.81. The molecule has 1 aromatic carbocycles. The van der Waals surface area contributed by atoms with Crippen LogP contribution in [0.25, 0.3) is 0 Å². The van der Waals surface area contributed by atoms with E-state index >= 15 is 0 Å². The van der Waals surface area contributed by atoms with Crippen molar-refractivity contribution in [1.82, 2.24) is 14.8 Å². The first kappa shape index (κ1) is 20.6. The summed E-state index contributed by atoms with van der Waals surface area (Å²) in [6, 6.07) is 15.5. The lowest BCUT2D eigenvalue weighted by molar-refractivity contribution is -0.141. The van der Waals surface area contributed by atoms with Gasteiger partial charge in [0.2, 0.25) is 0 Å². The Morgan fingerprint density at radius 3 is 2.73 bits per heavy atom. The van der Waals surface area contributed by atoms with Gasteiger partial charge in [-0.05, 0) is 36.2 Å². The van der Waals surface area contributed by atoms with Crippen molar-refractivity contribution in [2.45, 2.75) is 31.2 Å². The molecule has 1 fully saturated rings. The van der Waals surface area contributed by atoms with Gasteiger partial charge in [0.25, 0.3) is 5.56 Å². The summed E-state index contributed by atoms with van der Waals surface area (Å²) in [6.45, 7) is 2.97. The lowest BCUT2D eigenvalue weighted by Crippen LogP contribution is -2.52. The van der Waals surface area contributed by atoms with E-state index in [4.69, 9.17) is 17.0 Å². The third-order valence-electron chi connectivity index (χ3n) is 6.18. The zero-order valence-corrected chi connectivity index (χ0v) is 17.9. The van der Waals surface area contributed by atoms with E-state index in [2.05, 4.69) is 16.3 Å². The van der Waals surface area contributed by atoms with E-state index in [1.807, 2.05) is 41.0 Å². The van der Waals surface area contributed by atoms with E-state index in [1.165, 1.54) is 7.11 Å². The largest absolute Gasteiger partial charge is 0.469 e. The van der Waals surface area contributed by atoms with Crippen molar-refractivity contribution in [2.24, 2.45) is 5.92 Å². The van der Waals surface area contributed by atoms with Gasteiger partial charge in [-0.15, -0.1) is 0 Å². The topological polar surface area (TPSA) is 63.6 Å². The van der Waals surface area contributed by atoms with Crippen LogP contribution in [0.5, 0.6) is 0 Å². The first-order valence-electron chi connectivity index (χ1n) is 10.4. The number of pyridine rings is 1. The number of hydrogen-bond donors (Lipinski definition) is 1. The number of methoxy groups -OCH3 is 1. The molecule has 3 heterocycles. The maximum Gasteiger partial charge on any atom is 0.306 e. The SMILES string of the molecule is COC(=O)C[C@H](CNC(=S)N1C[C@@H]2C[C@H](C1)c1cccc(=O)n1C2)c1ccccc1. The zero-order valence-electron chi connectivity index (χ0n) is 17.1. The summed E-state index contributed by atoms with van der Waals surface area (Å²) >= 11 is 5.72. The molecule has 1 aromatic heterocycles. The summed E-state index contributed by atoms with van der Waals surface area (Å²) in [7, 11) is 1.41. The average Bonchev–Trinajstić information content (AvgIpc) is 2.77. The van der Waals surface area contributed by atoms with Crippen LogP contribution in [-0.2, 0) is 16.1 Å². The van der Waals surface area contributed by atoms with E-state index in [9.17, 15) is 9.59 Å². The van der Waals surface area contributed by atoms with E-state index in [0.29, 0.717) is 29.9 Å². The van der Waals surface area contributed by atoms with Gasteiger partial charge in [-0.3, -0.25) is 9.59 Å². The third-order valence-corrected chi connectivity index (χ3v) is 6.58. The molecule has 4 rings (SSSR count). The molecule has 158 valence electrons. The minimum absolute atomic E-state index is 0.0137. The molecule has 30 heavy (non-hydrogen) atoms. The number of hydrogen-bond acceptors (Lipinski definition) is 4. The number of nitrogens with one attached hydrogen (secondary N) is 1. The van der Waals surface area contributed by atoms with Gasteiger partial charge >= 0.3 is 5.97 Å². The van der Waals surface area contributed by atoms with Crippen molar-refractivity contribution in [3.05, 3.63) is 70.1 Å². The summed E-state index contributed by atoms with van der Waals surface area (Å²) in [5, 5.41) is 4.10. The molecule has 2 aliphatic heterocycles. The summed E-state index contributed by atoms with van der Waals surface area (Å²) in [5.41, 5.74) is 2.28. The van der Waals surface area contributed by atoms with Gasteiger partial charge in [-0.1, -0.05) is 36.4 Å². The Labute approximate surface area is 181 Å². The lowest BCUT2D eigenvalue weighted by atomic mass is 9.83. The molecule has 7 heteroatoms. The standard InChI is InChI=1S/C23H27N3O3S/c1-29-22(28)11-18(17-6-3-2-4-7-17)12-24-23(30)25-13-16-10-19(15-25)20-8-5-9-21(27)26(20)14-16/h2-9,16,18-19H,10-15H2,1H3,(H,24,30)/t16-,18+,19+/m0/s1. The second-order valence-electron chi connectivity index (χ2n) is 8.18. The maximum absolute atomic E-state index is 12.2. The number of benzene rings is 1. The van der Waals surface area contributed by atoms with Crippen LogP contribution in [0.4, 0.5) is 0 Å². The Balaban J connectivity index is 1.42. The maximum atomic E-state index is 12.2. The van der Waals surface area contributed by atoms with Crippen molar-refractivity contribution >= 4 is 23.3 Å². The van der Waals surface area contributed by atoms with Gasteiger partial charge in [0.15, 0.2) is 5.11 Å². The number of carbonyl (C=O) groups is 1. The second-order valence-corrected chi connectivity index (χ2v) is 8.56. The molecule has 0 radical (unpaired) electrons. The predicted molar refractivity (Wildman–Crippen MR) is 120 cm³/mol. The van der Waals surface area contributed by atoms with E-state index < -0.39 is 0 Å². The number of nitrogens with zero attached hydrogens (tertiary/aromatic N) is 2. The molecule has 0 saturated carbocycles. The monoisotopic (exact) mass is 425 g/mol. The van der Waals surface area contributed by atoms with Crippen molar-refractivity contribution in [3.8, 4) is 0 Å². The minimum atomic E-state index is -0.230. The molecule has 0 amide bonds. The van der Waals surface area contributed by atoms with Crippen LogP contribution in [0.15, 0.2) is 53.3 Å². The molecule has 1 N–H and O–H groups in total. The number of thiocarbonyl (C=S) groups is 1. The molecule has 0 spiro atoms. The predicted octanol–water partition coefficient (Wildman–Crippen LogP) is 2.49. The smallest absolute Gasteiger partial charge is 0.306 e. The number of aromatic nitrogens is 1. The van der Waals surface area contributed by atoms with Gasteiger partial charge in [-0.2, -0.15) is 0 Å². The quantitative estimate of drug-likeness (QED) is 0.587. The molecule has 0 unspecified atom stereocenters. The molecule has 6 nitrogen and oxygen atoms in total. The van der Waals surface area contributed by atoms with Crippen LogP contribution < -0.4 is 10.9 Å². The Kier molecular flexibility index (Phi) is 6.18. The highest BCUT2D eigenvalue weighted by molar-refractivity contribution is 7.80. The van der Waals surface area contributed by atoms with Crippen molar-refractivity contribution in [1.29, 1.82) is 0 Å². The number of carbonyl (C=O) groups excluding carboxylic acids is 1. The van der Waals surface area contributed by atoms with Crippen molar-refractivity contribution in [3.63, 3.8) is 0 Å². The number of likely N-dealkylation sites (tertiary alicyclic amines) is 1. The highest BCUT2D eigenvalue weighted by Crippen LogP contribution is 2.35. The normalized spacial score (nSPS) is 20.8. The van der Waals surface area contributed by atoms with Crippen LogP contribution in [0, 0.1) is 5.92 Å². The number of fused-ring (bicyclic) bond motifs is 4. The van der Waals surface area contributed by atoms with Gasteiger partial charge < -0.3 is 19.5 Å². The number of rotatable bonds is 5. The average molecular weight is 426 g/mol. The van der Waals surface area contributed by atoms with E-state index in [1.54, 1.807) is 6.07 Å². The fourth-order valence-corrected chi connectivity index (χ4v) is 4.93. The molecule has 2 bridgehead atoms. The Bertz CT molecular complexity index is 975. The first-order valence-corrected chi connectivity index (χ1v) is 10.8. The zero-order chi connectivity index (χ0) is 21.1. The number of esters is 1. The Morgan fingerprint density at radius 1 is 1.17 bits per heavy atom. The number of ether oxygens (including phenoxy) is 1. The van der Waals surface area contributed by atoms with Crippen LogP contribution in [0.2, 0.25) is 0 Å². The summed E-state index contributed by atoms with van der Waals surface area (Å²) in [5.74, 6) is 0.480. The van der Waals surface area contributed by atoms with Crippen LogP contribution in [-0.4, -0.2) is 47.3 Å². The molecule has 2 aliphatic rings. The van der Waals surface area contributed by atoms with Gasteiger partial charge in [-0.25, -0.2) is 0 Å². The number of piperidine rings is 1. The fourth-order valence-electron chi connectivity index (χ4n) is 4.70. The minimum Gasteiger partial charge on any atom is -0.469 e.